The summed E-state index contributed by atoms with van der Waals surface area (Å²) < 4.78 is 2.06. The van der Waals surface area contributed by atoms with Gasteiger partial charge in [-0.25, -0.2) is 0 Å². The quantitative estimate of drug-likeness (QED) is 0.595. The van der Waals surface area contributed by atoms with Crippen LogP contribution in [-0.4, -0.2) is 26.4 Å². The number of halogens is 1. The van der Waals surface area contributed by atoms with E-state index in [1.807, 2.05) is 42.5 Å². The van der Waals surface area contributed by atoms with Crippen LogP contribution in [0.15, 0.2) is 60.9 Å². The minimum absolute atomic E-state index is 0.00904. The van der Waals surface area contributed by atoms with Gasteiger partial charge in [0.15, 0.2) is 5.82 Å². The monoisotopic (exact) mass is 412 g/mol. The van der Waals surface area contributed by atoms with Crippen molar-refractivity contribution in [3.8, 4) is 0 Å². The second-order valence-corrected chi connectivity index (χ2v) is 8.35. The summed E-state index contributed by atoms with van der Waals surface area (Å²) in [5.41, 5.74) is 2.29. The van der Waals surface area contributed by atoms with Crippen LogP contribution in [0.25, 0.3) is 0 Å². The molecule has 2 aromatic carbocycles. The van der Waals surface area contributed by atoms with Crippen LogP contribution in [0.4, 0.5) is 0 Å². The molecule has 1 N–H and O–H groups in total. The van der Waals surface area contributed by atoms with Crippen LogP contribution in [0.1, 0.15) is 41.1 Å². The highest BCUT2D eigenvalue weighted by Gasteiger charge is 2.26. The predicted molar refractivity (Wildman–Crippen MR) is 112 cm³/mol. The van der Waals surface area contributed by atoms with E-state index in [9.17, 15) is 4.79 Å². The van der Waals surface area contributed by atoms with E-state index in [1.165, 1.54) is 0 Å². The molecular weight excluding hydrogens is 392 g/mol. The first-order chi connectivity index (χ1) is 13.7. The Morgan fingerprint density at radius 3 is 2.57 bits per heavy atom. The molecule has 1 unspecified atom stereocenters. The third-order valence-corrected chi connectivity index (χ3v) is 6.25. The van der Waals surface area contributed by atoms with Crippen LogP contribution >= 0.6 is 23.4 Å². The van der Waals surface area contributed by atoms with Crippen LogP contribution in [-0.2, 0) is 11.3 Å². The molecule has 1 aromatic heterocycles. The van der Waals surface area contributed by atoms with E-state index in [0.29, 0.717) is 23.4 Å². The highest BCUT2D eigenvalue weighted by atomic mass is 35.5. The van der Waals surface area contributed by atoms with Gasteiger partial charge in [-0.3, -0.25) is 4.79 Å². The minimum atomic E-state index is -0.00904. The van der Waals surface area contributed by atoms with E-state index in [-0.39, 0.29) is 11.2 Å². The molecule has 0 radical (unpaired) electrons. The Labute approximate surface area is 173 Å². The molecule has 0 saturated heterocycles. The topological polar surface area (TPSA) is 59.8 Å². The number of nitrogens with zero attached hydrogens (tertiary/aromatic N) is 3. The van der Waals surface area contributed by atoms with Gasteiger partial charge < -0.3 is 9.88 Å². The Morgan fingerprint density at radius 2 is 1.86 bits per heavy atom. The molecule has 1 saturated carbocycles. The van der Waals surface area contributed by atoms with Gasteiger partial charge in [-0.2, -0.15) is 0 Å². The lowest BCUT2D eigenvalue weighted by Gasteiger charge is -2.18. The summed E-state index contributed by atoms with van der Waals surface area (Å²) in [7, 11) is 0. The zero-order chi connectivity index (χ0) is 19.3. The Morgan fingerprint density at radius 1 is 1.14 bits per heavy atom. The Balaban J connectivity index is 1.38. The molecule has 5 nitrogen and oxygen atoms in total. The standard InChI is InChI=1S/C21H21ClN4OS/c22-17-8-6-16(7-9-17)21(15-4-2-1-3-5-15)28-13-20(27)23-12-19-25-24-14-26(19)18-10-11-18/h1-9,14,18,21H,10-13H2,(H,23,27). The van der Waals surface area contributed by atoms with Crippen molar-refractivity contribution in [3.05, 3.63) is 82.9 Å². The summed E-state index contributed by atoms with van der Waals surface area (Å²) in [6.07, 6.45) is 4.07. The molecule has 0 bridgehead atoms. The highest BCUT2D eigenvalue weighted by Crippen LogP contribution is 2.36. The number of thioether (sulfide) groups is 1. The number of rotatable bonds is 8. The van der Waals surface area contributed by atoms with Crippen molar-refractivity contribution in [2.24, 2.45) is 0 Å². The number of carbonyl (C=O) groups excluding carboxylic acids is 1. The first kappa shape index (κ1) is 19.0. The van der Waals surface area contributed by atoms with Gasteiger partial charge in [0.2, 0.25) is 5.91 Å². The molecule has 28 heavy (non-hydrogen) atoms. The van der Waals surface area contributed by atoms with Crippen molar-refractivity contribution in [3.63, 3.8) is 0 Å². The van der Waals surface area contributed by atoms with Crippen molar-refractivity contribution in [1.29, 1.82) is 0 Å². The Hall–Kier alpha value is -2.31. The van der Waals surface area contributed by atoms with E-state index in [4.69, 9.17) is 11.6 Å². The Bertz CT molecular complexity index is 925. The van der Waals surface area contributed by atoms with Gasteiger partial charge in [0, 0.05) is 11.1 Å². The van der Waals surface area contributed by atoms with Crippen LogP contribution in [0.3, 0.4) is 0 Å². The van der Waals surface area contributed by atoms with Gasteiger partial charge in [-0.15, -0.1) is 22.0 Å². The van der Waals surface area contributed by atoms with E-state index in [0.717, 1.165) is 29.8 Å². The van der Waals surface area contributed by atoms with Gasteiger partial charge in [0.25, 0.3) is 0 Å². The largest absolute Gasteiger partial charge is 0.348 e. The molecule has 1 amide bonds. The van der Waals surface area contributed by atoms with E-state index in [2.05, 4.69) is 32.2 Å². The molecule has 1 atom stereocenters. The average Bonchev–Trinajstić information content (AvgIpc) is 3.46. The number of hydrogen-bond donors (Lipinski definition) is 1. The predicted octanol–water partition coefficient (Wildman–Crippen LogP) is 4.41. The van der Waals surface area contributed by atoms with Crippen molar-refractivity contribution in [1.82, 2.24) is 20.1 Å². The second-order valence-electron chi connectivity index (χ2n) is 6.82. The molecule has 0 spiro atoms. The molecule has 4 rings (SSSR count). The first-order valence-corrected chi connectivity index (χ1v) is 10.7. The van der Waals surface area contributed by atoms with Crippen LogP contribution in [0.2, 0.25) is 5.02 Å². The van der Waals surface area contributed by atoms with Gasteiger partial charge in [-0.1, -0.05) is 54.1 Å². The van der Waals surface area contributed by atoms with Crippen LogP contribution < -0.4 is 5.32 Å². The number of amides is 1. The molecular formula is C21H21ClN4OS. The highest BCUT2D eigenvalue weighted by molar-refractivity contribution is 8.00. The van der Waals surface area contributed by atoms with E-state index in [1.54, 1.807) is 18.1 Å². The van der Waals surface area contributed by atoms with Crippen molar-refractivity contribution in [2.75, 3.05) is 5.75 Å². The minimum Gasteiger partial charge on any atom is -0.348 e. The summed E-state index contributed by atoms with van der Waals surface area (Å²) in [6.45, 7) is 0.410. The maximum absolute atomic E-state index is 12.4. The summed E-state index contributed by atoms with van der Waals surface area (Å²) in [5, 5.41) is 11.8. The third-order valence-electron chi connectivity index (χ3n) is 4.69. The summed E-state index contributed by atoms with van der Waals surface area (Å²) in [4.78, 5) is 12.4. The second kappa shape index (κ2) is 8.80. The normalized spacial score (nSPS) is 14.6. The van der Waals surface area contributed by atoms with Gasteiger partial charge in [-0.05, 0) is 36.1 Å². The molecule has 7 heteroatoms. The van der Waals surface area contributed by atoms with Crippen molar-refractivity contribution >= 4 is 29.3 Å². The zero-order valence-electron chi connectivity index (χ0n) is 15.3. The summed E-state index contributed by atoms with van der Waals surface area (Å²) in [5.74, 6) is 1.17. The molecule has 1 aliphatic carbocycles. The molecule has 1 fully saturated rings. The van der Waals surface area contributed by atoms with Crippen LogP contribution in [0.5, 0.6) is 0 Å². The summed E-state index contributed by atoms with van der Waals surface area (Å²) >= 11 is 7.64. The fourth-order valence-electron chi connectivity index (χ4n) is 3.09. The van der Waals surface area contributed by atoms with Crippen molar-refractivity contribution < 1.29 is 4.79 Å². The molecule has 3 aromatic rings. The SMILES string of the molecule is O=C(CSC(c1ccccc1)c1ccc(Cl)cc1)NCc1nncn1C1CC1. The fraction of sp³-hybridized carbons (Fsp3) is 0.286. The van der Waals surface area contributed by atoms with Crippen LogP contribution in [0, 0.1) is 0 Å². The lowest BCUT2D eigenvalue weighted by molar-refractivity contribution is -0.118. The number of hydrogen-bond acceptors (Lipinski definition) is 4. The zero-order valence-corrected chi connectivity index (χ0v) is 16.9. The number of nitrogens with one attached hydrogen (secondary N) is 1. The maximum Gasteiger partial charge on any atom is 0.230 e. The van der Waals surface area contributed by atoms with Gasteiger partial charge in [0.1, 0.15) is 6.33 Å². The Kier molecular flexibility index (Phi) is 5.98. The fourth-order valence-corrected chi connectivity index (χ4v) is 4.33. The van der Waals surface area contributed by atoms with Gasteiger partial charge in [0.05, 0.1) is 17.5 Å². The molecule has 1 heterocycles. The van der Waals surface area contributed by atoms with E-state index >= 15 is 0 Å². The number of aromatic nitrogens is 3. The smallest absolute Gasteiger partial charge is 0.230 e. The first-order valence-electron chi connectivity index (χ1n) is 9.28. The lowest BCUT2D eigenvalue weighted by atomic mass is 10.0. The number of benzene rings is 2. The molecule has 144 valence electrons. The average molecular weight is 413 g/mol. The van der Waals surface area contributed by atoms with Crippen molar-refractivity contribution in [2.45, 2.75) is 30.7 Å². The number of carbonyl (C=O) groups is 1. The summed E-state index contributed by atoms with van der Waals surface area (Å²) in [6, 6.07) is 18.5. The lowest BCUT2D eigenvalue weighted by Crippen LogP contribution is -2.26. The molecule has 1 aliphatic rings. The van der Waals surface area contributed by atoms with Gasteiger partial charge >= 0.3 is 0 Å². The third kappa shape index (κ3) is 4.75. The maximum atomic E-state index is 12.4. The molecule has 0 aliphatic heterocycles. The van der Waals surface area contributed by atoms with E-state index < -0.39 is 0 Å².